The van der Waals surface area contributed by atoms with Crippen LogP contribution in [0.2, 0.25) is 0 Å². The summed E-state index contributed by atoms with van der Waals surface area (Å²) in [7, 11) is -3.53. The van der Waals surface area contributed by atoms with Gasteiger partial charge in [0.05, 0.1) is 4.90 Å². The normalized spacial score (nSPS) is 16.9. The Morgan fingerprint density at radius 1 is 1.15 bits per heavy atom. The van der Waals surface area contributed by atoms with Gasteiger partial charge in [-0.2, -0.15) is 0 Å². The van der Waals surface area contributed by atoms with Crippen LogP contribution < -0.4 is 4.72 Å². The van der Waals surface area contributed by atoms with Crippen LogP contribution in [0.4, 0.5) is 0 Å². The molecule has 1 aliphatic rings. The standard InChI is InChI=1S/C20H32N2O3S/c1-15(2)14-19(23)22-12-10-17(11-13-22)21-26(24,25)18-8-6-16(7-9-18)20(3,4)5/h6-9,15,17,21H,10-14H2,1-5H3. The van der Waals surface area contributed by atoms with Crippen molar-refractivity contribution in [1.82, 2.24) is 9.62 Å². The maximum absolute atomic E-state index is 12.6. The number of sulfonamides is 1. The highest BCUT2D eigenvalue weighted by atomic mass is 32.2. The van der Waals surface area contributed by atoms with Crippen molar-refractivity contribution in [2.24, 2.45) is 5.92 Å². The molecule has 1 heterocycles. The lowest BCUT2D eigenvalue weighted by Crippen LogP contribution is -2.46. The van der Waals surface area contributed by atoms with Crippen molar-refractivity contribution < 1.29 is 13.2 Å². The van der Waals surface area contributed by atoms with E-state index in [4.69, 9.17) is 0 Å². The fourth-order valence-electron chi connectivity index (χ4n) is 3.15. The second-order valence-electron chi connectivity index (χ2n) is 8.65. The summed E-state index contributed by atoms with van der Waals surface area (Å²) in [5.74, 6) is 0.508. The van der Waals surface area contributed by atoms with Gasteiger partial charge in [0.25, 0.3) is 0 Å². The Kier molecular flexibility index (Phi) is 6.51. The van der Waals surface area contributed by atoms with Crippen molar-refractivity contribution in [2.75, 3.05) is 13.1 Å². The summed E-state index contributed by atoms with van der Waals surface area (Å²) in [6, 6.07) is 6.98. The zero-order valence-corrected chi connectivity index (χ0v) is 17.4. The summed E-state index contributed by atoms with van der Waals surface area (Å²) in [4.78, 5) is 14.3. The number of likely N-dealkylation sites (tertiary alicyclic amines) is 1. The third-order valence-corrected chi connectivity index (χ3v) is 6.32. The summed E-state index contributed by atoms with van der Waals surface area (Å²) in [6.45, 7) is 11.6. The lowest BCUT2D eigenvalue weighted by Gasteiger charge is -2.32. The van der Waals surface area contributed by atoms with Crippen LogP contribution in [0.3, 0.4) is 0 Å². The third kappa shape index (κ3) is 5.55. The average molecular weight is 381 g/mol. The molecule has 5 nitrogen and oxygen atoms in total. The smallest absolute Gasteiger partial charge is 0.240 e. The van der Waals surface area contributed by atoms with Gasteiger partial charge in [0.1, 0.15) is 0 Å². The van der Waals surface area contributed by atoms with E-state index in [9.17, 15) is 13.2 Å². The van der Waals surface area contributed by atoms with E-state index in [1.165, 1.54) is 0 Å². The topological polar surface area (TPSA) is 66.5 Å². The Hall–Kier alpha value is -1.40. The molecular weight excluding hydrogens is 348 g/mol. The number of hydrogen-bond acceptors (Lipinski definition) is 3. The second-order valence-corrected chi connectivity index (χ2v) is 10.4. The molecule has 6 heteroatoms. The predicted molar refractivity (Wildman–Crippen MR) is 105 cm³/mol. The number of hydrogen-bond donors (Lipinski definition) is 1. The summed E-state index contributed by atoms with van der Waals surface area (Å²) >= 11 is 0. The molecule has 1 aromatic rings. The van der Waals surface area contributed by atoms with Crippen molar-refractivity contribution in [1.29, 1.82) is 0 Å². The average Bonchev–Trinajstić information content (AvgIpc) is 2.54. The highest BCUT2D eigenvalue weighted by Gasteiger charge is 2.27. The van der Waals surface area contributed by atoms with Gasteiger partial charge in [-0.15, -0.1) is 0 Å². The maximum Gasteiger partial charge on any atom is 0.240 e. The Balaban J connectivity index is 1.95. The van der Waals surface area contributed by atoms with Gasteiger partial charge in [-0.05, 0) is 41.9 Å². The van der Waals surface area contributed by atoms with Crippen LogP contribution >= 0.6 is 0 Å². The van der Waals surface area contributed by atoms with Gasteiger partial charge in [0.15, 0.2) is 0 Å². The van der Waals surface area contributed by atoms with Crippen molar-refractivity contribution in [3.8, 4) is 0 Å². The monoisotopic (exact) mass is 380 g/mol. The highest BCUT2D eigenvalue weighted by Crippen LogP contribution is 2.24. The molecule has 1 fully saturated rings. The van der Waals surface area contributed by atoms with Gasteiger partial charge >= 0.3 is 0 Å². The van der Waals surface area contributed by atoms with Gasteiger partial charge < -0.3 is 4.90 Å². The first-order chi connectivity index (χ1) is 12.0. The van der Waals surface area contributed by atoms with E-state index >= 15 is 0 Å². The number of nitrogens with zero attached hydrogens (tertiary/aromatic N) is 1. The minimum absolute atomic E-state index is 0.00886. The number of carbonyl (C=O) groups is 1. The fraction of sp³-hybridized carbons (Fsp3) is 0.650. The molecule has 0 radical (unpaired) electrons. The third-order valence-electron chi connectivity index (χ3n) is 4.78. The maximum atomic E-state index is 12.6. The molecule has 0 bridgehead atoms. The molecule has 0 aromatic heterocycles. The van der Waals surface area contributed by atoms with Crippen LogP contribution in [-0.2, 0) is 20.2 Å². The van der Waals surface area contributed by atoms with Crippen molar-refractivity contribution in [2.45, 2.75) is 70.2 Å². The number of rotatable bonds is 5. The highest BCUT2D eigenvalue weighted by molar-refractivity contribution is 7.89. The van der Waals surface area contributed by atoms with E-state index < -0.39 is 10.0 Å². The second kappa shape index (κ2) is 8.09. The summed E-state index contributed by atoms with van der Waals surface area (Å²) in [6.07, 6.45) is 1.86. The van der Waals surface area contributed by atoms with Gasteiger partial charge in [-0.1, -0.05) is 46.8 Å². The molecule has 1 aromatic carbocycles. The van der Waals surface area contributed by atoms with Crippen molar-refractivity contribution in [3.05, 3.63) is 29.8 Å². The molecule has 0 atom stereocenters. The number of amides is 1. The quantitative estimate of drug-likeness (QED) is 0.852. The van der Waals surface area contributed by atoms with Crippen LogP contribution in [0.1, 0.15) is 59.4 Å². The minimum Gasteiger partial charge on any atom is -0.343 e. The molecule has 1 aliphatic heterocycles. The molecule has 1 amide bonds. The molecule has 26 heavy (non-hydrogen) atoms. The van der Waals surface area contributed by atoms with E-state index in [2.05, 4.69) is 25.5 Å². The van der Waals surface area contributed by atoms with E-state index in [1.54, 1.807) is 12.1 Å². The summed E-state index contributed by atoms with van der Waals surface area (Å²) < 4.78 is 28.1. The van der Waals surface area contributed by atoms with E-state index in [1.807, 2.05) is 30.9 Å². The van der Waals surface area contributed by atoms with Gasteiger partial charge in [-0.3, -0.25) is 4.79 Å². The van der Waals surface area contributed by atoms with Crippen LogP contribution in [0, 0.1) is 5.92 Å². The summed E-state index contributed by atoms with van der Waals surface area (Å²) in [5.41, 5.74) is 1.10. The zero-order chi connectivity index (χ0) is 19.5. The summed E-state index contributed by atoms with van der Waals surface area (Å²) in [5, 5.41) is 0. The first-order valence-corrected chi connectivity index (χ1v) is 10.9. The van der Waals surface area contributed by atoms with Gasteiger partial charge in [0.2, 0.25) is 15.9 Å². The van der Waals surface area contributed by atoms with Crippen LogP contribution in [0.15, 0.2) is 29.2 Å². The first kappa shape index (κ1) is 20.9. The Morgan fingerprint density at radius 2 is 1.69 bits per heavy atom. The van der Waals surface area contributed by atoms with E-state index in [0.29, 0.717) is 43.2 Å². The SMILES string of the molecule is CC(C)CC(=O)N1CCC(NS(=O)(=O)c2ccc(C(C)(C)C)cc2)CC1. The Morgan fingerprint density at radius 3 is 2.15 bits per heavy atom. The lowest BCUT2D eigenvalue weighted by atomic mass is 9.87. The largest absolute Gasteiger partial charge is 0.343 e. The lowest BCUT2D eigenvalue weighted by molar-refractivity contribution is -0.133. The number of nitrogens with one attached hydrogen (secondary N) is 1. The van der Waals surface area contributed by atoms with Crippen LogP contribution in [-0.4, -0.2) is 38.4 Å². The van der Waals surface area contributed by atoms with Crippen LogP contribution in [0.25, 0.3) is 0 Å². The van der Waals surface area contributed by atoms with Gasteiger partial charge in [-0.25, -0.2) is 13.1 Å². The molecule has 2 rings (SSSR count). The molecular formula is C20H32N2O3S. The molecule has 0 saturated carbocycles. The fourth-order valence-corrected chi connectivity index (χ4v) is 4.45. The molecule has 0 aliphatic carbocycles. The van der Waals surface area contributed by atoms with Crippen LogP contribution in [0.5, 0.6) is 0 Å². The Bertz CT molecular complexity index is 710. The first-order valence-electron chi connectivity index (χ1n) is 9.39. The predicted octanol–water partition coefficient (Wildman–Crippen LogP) is 3.30. The van der Waals surface area contributed by atoms with Gasteiger partial charge in [0, 0.05) is 25.6 Å². The zero-order valence-electron chi connectivity index (χ0n) is 16.6. The molecule has 1 N–H and O–H groups in total. The Labute approximate surface area is 158 Å². The van der Waals surface area contributed by atoms with Crippen molar-refractivity contribution >= 4 is 15.9 Å². The number of piperidine rings is 1. The molecule has 0 unspecified atom stereocenters. The minimum atomic E-state index is -3.53. The molecule has 0 spiro atoms. The number of benzene rings is 1. The van der Waals surface area contributed by atoms with E-state index in [-0.39, 0.29) is 17.4 Å². The molecule has 1 saturated heterocycles. The number of carbonyl (C=O) groups excluding carboxylic acids is 1. The molecule has 146 valence electrons. The van der Waals surface area contributed by atoms with E-state index in [0.717, 1.165) is 5.56 Å². The van der Waals surface area contributed by atoms with Crippen molar-refractivity contribution in [3.63, 3.8) is 0 Å².